The first-order valence-electron chi connectivity index (χ1n) is 9.32. The van der Waals surface area contributed by atoms with Crippen molar-refractivity contribution >= 4 is 11.3 Å². The highest BCUT2D eigenvalue weighted by atomic mass is 32.2. The minimum atomic E-state index is -2.79. The smallest absolute Gasteiger partial charge is 0.248 e. The SMILES string of the molecule is Cc1cc(-c2ccc(OC[C@@H]3CC(F)(F)CC[C@H]3CCNS(=O)O)c(F)c2)no1. The van der Waals surface area contributed by atoms with Crippen LogP contribution in [-0.4, -0.2) is 33.0 Å². The lowest BCUT2D eigenvalue weighted by molar-refractivity contribution is -0.0777. The molecule has 2 N–H and O–H groups in total. The number of halogens is 3. The second kappa shape index (κ2) is 9.27. The van der Waals surface area contributed by atoms with Gasteiger partial charge in [0.05, 0.1) is 6.61 Å². The number of hydrogen-bond acceptors (Lipinski definition) is 4. The maximum absolute atomic E-state index is 14.4. The van der Waals surface area contributed by atoms with Gasteiger partial charge in [-0.25, -0.2) is 22.1 Å². The van der Waals surface area contributed by atoms with E-state index < -0.39 is 28.9 Å². The van der Waals surface area contributed by atoms with Crippen LogP contribution in [0.4, 0.5) is 13.2 Å². The molecule has 0 amide bonds. The highest BCUT2D eigenvalue weighted by Crippen LogP contribution is 2.41. The molecule has 2 aromatic rings. The van der Waals surface area contributed by atoms with Crippen LogP contribution in [0.2, 0.25) is 0 Å². The van der Waals surface area contributed by atoms with E-state index in [9.17, 15) is 17.4 Å². The Bertz CT molecular complexity index is 862. The van der Waals surface area contributed by atoms with Crippen molar-refractivity contribution in [1.82, 2.24) is 9.88 Å². The van der Waals surface area contributed by atoms with Crippen molar-refractivity contribution in [2.45, 2.75) is 38.5 Å². The average Bonchev–Trinajstić information content (AvgIpc) is 3.08. The number of nitrogens with zero attached hydrogens (tertiary/aromatic N) is 1. The number of rotatable bonds is 8. The molecule has 3 atom stereocenters. The third-order valence-electron chi connectivity index (χ3n) is 5.16. The van der Waals surface area contributed by atoms with Gasteiger partial charge in [0.1, 0.15) is 11.5 Å². The molecule has 1 aromatic heterocycles. The monoisotopic (exact) mass is 432 g/mol. The molecule has 3 rings (SSSR count). The minimum Gasteiger partial charge on any atom is -0.490 e. The molecule has 6 nitrogen and oxygen atoms in total. The second-order valence-electron chi connectivity index (χ2n) is 7.33. The zero-order valence-electron chi connectivity index (χ0n) is 15.9. The molecule has 29 heavy (non-hydrogen) atoms. The van der Waals surface area contributed by atoms with Crippen LogP contribution >= 0.6 is 0 Å². The lowest BCUT2D eigenvalue weighted by Crippen LogP contribution is -2.37. The molecule has 1 unspecified atom stereocenters. The number of aromatic nitrogens is 1. The summed E-state index contributed by atoms with van der Waals surface area (Å²) in [5.74, 6) is -3.40. The first-order valence-corrected chi connectivity index (χ1v) is 10.4. The zero-order valence-corrected chi connectivity index (χ0v) is 16.7. The van der Waals surface area contributed by atoms with Crippen LogP contribution in [0.3, 0.4) is 0 Å². The molecule has 1 aliphatic carbocycles. The van der Waals surface area contributed by atoms with Gasteiger partial charge in [-0.05, 0) is 43.9 Å². The Balaban J connectivity index is 1.64. The highest BCUT2D eigenvalue weighted by molar-refractivity contribution is 7.77. The summed E-state index contributed by atoms with van der Waals surface area (Å²) in [6, 6.07) is 6.02. The lowest BCUT2D eigenvalue weighted by Gasteiger charge is -2.36. The Morgan fingerprint density at radius 1 is 1.38 bits per heavy atom. The van der Waals surface area contributed by atoms with Crippen molar-refractivity contribution in [3.05, 3.63) is 35.8 Å². The molecule has 160 valence electrons. The molecule has 10 heteroatoms. The molecular weight excluding hydrogens is 409 g/mol. The van der Waals surface area contributed by atoms with E-state index in [2.05, 4.69) is 9.88 Å². The molecule has 1 aliphatic rings. The van der Waals surface area contributed by atoms with E-state index in [4.69, 9.17) is 13.8 Å². The van der Waals surface area contributed by atoms with Crippen LogP contribution in [0, 0.1) is 24.6 Å². The predicted molar refractivity (Wildman–Crippen MR) is 101 cm³/mol. The third kappa shape index (κ3) is 6.03. The van der Waals surface area contributed by atoms with Gasteiger partial charge in [0.2, 0.25) is 17.2 Å². The van der Waals surface area contributed by atoms with E-state index in [0.717, 1.165) is 0 Å². The summed E-state index contributed by atoms with van der Waals surface area (Å²) in [7, 11) is 0. The minimum absolute atomic E-state index is 0.0174. The van der Waals surface area contributed by atoms with Crippen molar-refractivity contribution in [2.75, 3.05) is 13.2 Å². The maximum Gasteiger partial charge on any atom is 0.248 e. The molecule has 0 bridgehead atoms. The van der Waals surface area contributed by atoms with Crippen LogP contribution in [0.5, 0.6) is 5.75 Å². The topological polar surface area (TPSA) is 84.6 Å². The third-order valence-corrected chi connectivity index (χ3v) is 5.61. The van der Waals surface area contributed by atoms with Crippen molar-refractivity contribution in [3.8, 4) is 17.0 Å². The number of ether oxygens (including phenoxy) is 1. The fourth-order valence-electron chi connectivity index (χ4n) is 3.67. The summed E-state index contributed by atoms with van der Waals surface area (Å²) in [6.45, 7) is 1.91. The van der Waals surface area contributed by atoms with Gasteiger partial charge in [0.15, 0.2) is 11.6 Å². The van der Waals surface area contributed by atoms with E-state index >= 15 is 0 Å². The normalized spacial score (nSPS) is 22.4. The van der Waals surface area contributed by atoms with Gasteiger partial charge in [0, 0.05) is 36.9 Å². The van der Waals surface area contributed by atoms with Gasteiger partial charge >= 0.3 is 0 Å². The molecular formula is C19H23F3N2O4S. The summed E-state index contributed by atoms with van der Waals surface area (Å²) >= 11 is -2.14. The van der Waals surface area contributed by atoms with Gasteiger partial charge in [-0.2, -0.15) is 0 Å². The summed E-state index contributed by atoms with van der Waals surface area (Å²) < 4.78 is 74.6. The van der Waals surface area contributed by atoms with Gasteiger partial charge in [0.25, 0.3) is 0 Å². The highest BCUT2D eigenvalue weighted by Gasteiger charge is 2.41. The van der Waals surface area contributed by atoms with Crippen molar-refractivity contribution in [2.24, 2.45) is 11.8 Å². The molecule has 0 radical (unpaired) electrons. The van der Waals surface area contributed by atoms with Gasteiger partial charge in [-0.1, -0.05) is 5.16 Å². The van der Waals surface area contributed by atoms with Crippen LogP contribution < -0.4 is 9.46 Å². The van der Waals surface area contributed by atoms with E-state index in [0.29, 0.717) is 23.4 Å². The fourth-order valence-corrected chi connectivity index (χ4v) is 3.96. The first kappa shape index (κ1) is 21.8. The Labute approximate surface area is 169 Å². The van der Waals surface area contributed by atoms with Crippen LogP contribution in [0.1, 0.15) is 31.4 Å². The quantitative estimate of drug-likeness (QED) is 0.607. The van der Waals surface area contributed by atoms with Crippen LogP contribution in [0.15, 0.2) is 28.8 Å². The summed E-state index contributed by atoms with van der Waals surface area (Å²) in [5.41, 5.74) is 1.02. The van der Waals surface area contributed by atoms with E-state index in [1.807, 2.05) is 0 Å². The van der Waals surface area contributed by atoms with Gasteiger partial charge in [-0.15, -0.1) is 0 Å². The Morgan fingerprint density at radius 3 is 2.83 bits per heavy atom. The predicted octanol–water partition coefficient (Wildman–Crippen LogP) is 4.34. The summed E-state index contributed by atoms with van der Waals surface area (Å²) in [4.78, 5) is 0. The fraction of sp³-hybridized carbons (Fsp3) is 0.526. The molecule has 1 saturated carbocycles. The standard InChI is InChI=1S/C19H23F3N2O4S/c1-12-8-17(24-28-12)14-2-3-18(16(20)9-14)27-11-15-10-19(21,22)6-4-13(15)5-7-23-29(25)26/h2-3,8-9,13,15,23H,4-7,10-11H2,1H3,(H,25,26)/t13-,15-/m0/s1. The molecule has 1 fully saturated rings. The van der Waals surface area contributed by atoms with Crippen molar-refractivity contribution in [3.63, 3.8) is 0 Å². The number of nitrogens with one attached hydrogen (secondary N) is 1. The number of aryl methyl sites for hydroxylation is 1. The number of hydrogen-bond donors (Lipinski definition) is 2. The maximum atomic E-state index is 14.4. The van der Waals surface area contributed by atoms with Crippen LogP contribution in [-0.2, 0) is 11.3 Å². The molecule has 0 aliphatic heterocycles. The van der Waals surface area contributed by atoms with E-state index in [1.165, 1.54) is 12.1 Å². The Kier molecular flexibility index (Phi) is 6.97. The molecule has 1 aromatic carbocycles. The second-order valence-corrected chi connectivity index (χ2v) is 8.12. The number of benzene rings is 1. The van der Waals surface area contributed by atoms with Gasteiger partial charge < -0.3 is 9.26 Å². The lowest BCUT2D eigenvalue weighted by atomic mass is 9.76. The summed E-state index contributed by atoms with van der Waals surface area (Å²) in [5, 5.41) is 3.83. The largest absolute Gasteiger partial charge is 0.490 e. The average molecular weight is 432 g/mol. The zero-order chi connectivity index (χ0) is 21.0. The van der Waals surface area contributed by atoms with Gasteiger partial charge in [-0.3, -0.25) is 4.55 Å². The molecule has 0 saturated heterocycles. The first-order chi connectivity index (χ1) is 13.7. The number of alkyl halides is 2. The van der Waals surface area contributed by atoms with Crippen molar-refractivity contribution < 1.29 is 31.2 Å². The van der Waals surface area contributed by atoms with Crippen LogP contribution in [0.25, 0.3) is 11.3 Å². The molecule has 1 heterocycles. The van der Waals surface area contributed by atoms with Crippen molar-refractivity contribution in [1.29, 1.82) is 0 Å². The Hall–Kier alpha value is -1.91. The van der Waals surface area contributed by atoms with E-state index in [1.54, 1.807) is 19.1 Å². The summed E-state index contributed by atoms with van der Waals surface area (Å²) in [6.07, 6.45) is 0.172. The van der Waals surface area contributed by atoms with E-state index in [-0.39, 0.29) is 44.1 Å². The molecule has 0 spiro atoms. The Morgan fingerprint density at radius 2 is 2.17 bits per heavy atom.